The molecule has 1 aromatic rings. The molecule has 19 heavy (non-hydrogen) atoms. The monoisotopic (exact) mass is 324 g/mol. The first-order valence-corrected chi connectivity index (χ1v) is 8.00. The molecule has 0 saturated carbocycles. The van der Waals surface area contributed by atoms with Gasteiger partial charge in [0.25, 0.3) is 0 Å². The molecular formula is C11H14Cl2N2O3S. The van der Waals surface area contributed by atoms with Crippen molar-refractivity contribution in [2.24, 2.45) is 0 Å². The van der Waals surface area contributed by atoms with Crippen LogP contribution >= 0.6 is 23.2 Å². The standard InChI is InChI=1S/C11H14Cl2N2O3S/c12-10-2-1-9(5-11(10)13)19(16,17)15-7-8-6-14-3-4-18-8/h1-2,5,8,14-15H,3-4,6-7H2. The van der Waals surface area contributed by atoms with Crippen LogP contribution in [-0.2, 0) is 14.8 Å². The topological polar surface area (TPSA) is 67.4 Å². The molecule has 1 saturated heterocycles. The third-order valence-corrected chi connectivity index (χ3v) is 4.87. The van der Waals surface area contributed by atoms with Crippen LogP contribution in [0.5, 0.6) is 0 Å². The highest BCUT2D eigenvalue weighted by molar-refractivity contribution is 7.89. The summed E-state index contributed by atoms with van der Waals surface area (Å²) in [6.45, 7) is 2.22. The highest BCUT2D eigenvalue weighted by Crippen LogP contribution is 2.24. The zero-order valence-electron chi connectivity index (χ0n) is 10.0. The lowest BCUT2D eigenvalue weighted by molar-refractivity contribution is 0.0324. The maximum Gasteiger partial charge on any atom is 0.240 e. The van der Waals surface area contributed by atoms with Gasteiger partial charge in [-0.1, -0.05) is 23.2 Å². The zero-order chi connectivity index (χ0) is 13.9. The fourth-order valence-corrected chi connectivity index (χ4v) is 3.14. The number of sulfonamides is 1. The fourth-order valence-electron chi connectivity index (χ4n) is 1.68. The molecule has 1 aromatic carbocycles. The summed E-state index contributed by atoms with van der Waals surface area (Å²) in [4.78, 5) is 0.0886. The van der Waals surface area contributed by atoms with Gasteiger partial charge in [-0.05, 0) is 18.2 Å². The highest BCUT2D eigenvalue weighted by atomic mass is 35.5. The summed E-state index contributed by atoms with van der Waals surface area (Å²) in [7, 11) is -3.60. The third-order valence-electron chi connectivity index (χ3n) is 2.71. The molecule has 0 radical (unpaired) electrons. The summed E-state index contributed by atoms with van der Waals surface area (Å²) >= 11 is 11.6. The van der Waals surface area contributed by atoms with Crippen LogP contribution in [-0.4, -0.2) is 40.8 Å². The van der Waals surface area contributed by atoms with Crippen molar-refractivity contribution >= 4 is 33.2 Å². The van der Waals surface area contributed by atoms with Crippen molar-refractivity contribution in [1.29, 1.82) is 0 Å². The smallest absolute Gasteiger partial charge is 0.240 e. The zero-order valence-corrected chi connectivity index (χ0v) is 12.4. The predicted octanol–water partition coefficient (Wildman–Crippen LogP) is 1.26. The summed E-state index contributed by atoms with van der Waals surface area (Å²) in [5, 5.41) is 3.66. The van der Waals surface area contributed by atoms with E-state index in [1.807, 2.05) is 0 Å². The summed E-state index contributed by atoms with van der Waals surface area (Å²) in [5.41, 5.74) is 0. The minimum atomic E-state index is -3.60. The van der Waals surface area contributed by atoms with Gasteiger partial charge in [-0.25, -0.2) is 13.1 Å². The summed E-state index contributed by atoms with van der Waals surface area (Å²) < 4.78 is 32.0. The molecule has 2 rings (SSSR count). The Hall–Kier alpha value is -0.370. The van der Waals surface area contributed by atoms with Crippen molar-refractivity contribution < 1.29 is 13.2 Å². The van der Waals surface area contributed by atoms with E-state index in [-0.39, 0.29) is 22.6 Å². The second-order valence-corrected chi connectivity index (χ2v) is 6.71. The van der Waals surface area contributed by atoms with Crippen molar-refractivity contribution in [2.45, 2.75) is 11.0 Å². The number of hydrogen-bond donors (Lipinski definition) is 2. The van der Waals surface area contributed by atoms with Crippen molar-refractivity contribution in [3.63, 3.8) is 0 Å². The maximum absolute atomic E-state index is 12.0. The van der Waals surface area contributed by atoms with E-state index in [0.717, 1.165) is 6.54 Å². The quantitative estimate of drug-likeness (QED) is 0.875. The Bertz CT molecular complexity index is 545. The fraction of sp³-hybridized carbons (Fsp3) is 0.455. The number of rotatable bonds is 4. The van der Waals surface area contributed by atoms with Crippen LogP contribution in [0.2, 0.25) is 10.0 Å². The van der Waals surface area contributed by atoms with Crippen LogP contribution in [0.3, 0.4) is 0 Å². The van der Waals surface area contributed by atoms with E-state index in [2.05, 4.69) is 10.0 Å². The van der Waals surface area contributed by atoms with E-state index >= 15 is 0 Å². The van der Waals surface area contributed by atoms with Crippen molar-refractivity contribution in [2.75, 3.05) is 26.2 Å². The second kappa shape index (κ2) is 6.39. The largest absolute Gasteiger partial charge is 0.374 e. The first kappa shape index (κ1) is 15.0. The van der Waals surface area contributed by atoms with E-state index in [9.17, 15) is 8.42 Å². The Morgan fingerprint density at radius 2 is 2.16 bits per heavy atom. The van der Waals surface area contributed by atoms with Crippen LogP contribution in [0.25, 0.3) is 0 Å². The van der Waals surface area contributed by atoms with Gasteiger partial charge >= 0.3 is 0 Å². The first-order chi connectivity index (χ1) is 8.99. The number of morpholine rings is 1. The van der Waals surface area contributed by atoms with Gasteiger partial charge in [0.2, 0.25) is 10.0 Å². The Kier molecular flexibility index (Phi) is 5.05. The molecule has 0 aromatic heterocycles. The van der Waals surface area contributed by atoms with Crippen LogP contribution in [0.1, 0.15) is 0 Å². The van der Waals surface area contributed by atoms with Gasteiger partial charge in [0.15, 0.2) is 0 Å². The van der Waals surface area contributed by atoms with E-state index in [1.54, 1.807) is 0 Å². The molecule has 0 aliphatic carbocycles. The van der Waals surface area contributed by atoms with Crippen molar-refractivity contribution in [3.8, 4) is 0 Å². The minimum absolute atomic E-state index is 0.0886. The number of nitrogens with one attached hydrogen (secondary N) is 2. The molecule has 2 N–H and O–H groups in total. The number of ether oxygens (including phenoxy) is 1. The molecular weight excluding hydrogens is 311 g/mol. The molecule has 0 amide bonds. The SMILES string of the molecule is O=S(=O)(NCC1CNCCO1)c1ccc(Cl)c(Cl)c1. The molecule has 1 unspecified atom stereocenters. The number of hydrogen-bond acceptors (Lipinski definition) is 4. The van der Waals surface area contributed by atoms with Crippen molar-refractivity contribution in [3.05, 3.63) is 28.2 Å². The Labute approximate surface area is 122 Å². The third kappa shape index (κ3) is 4.05. The molecule has 5 nitrogen and oxygen atoms in total. The number of benzene rings is 1. The second-order valence-electron chi connectivity index (χ2n) is 4.12. The van der Waals surface area contributed by atoms with Gasteiger partial charge in [0.05, 0.1) is 27.7 Å². The van der Waals surface area contributed by atoms with E-state index in [1.165, 1.54) is 18.2 Å². The Morgan fingerprint density at radius 3 is 2.79 bits per heavy atom. The maximum atomic E-state index is 12.0. The van der Waals surface area contributed by atoms with E-state index in [0.29, 0.717) is 18.2 Å². The lowest BCUT2D eigenvalue weighted by Gasteiger charge is -2.23. The average molecular weight is 325 g/mol. The van der Waals surface area contributed by atoms with Crippen LogP contribution < -0.4 is 10.0 Å². The van der Waals surface area contributed by atoms with E-state index in [4.69, 9.17) is 27.9 Å². The van der Waals surface area contributed by atoms with Crippen LogP contribution in [0.15, 0.2) is 23.1 Å². The van der Waals surface area contributed by atoms with Gasteiger partial charge in [-0.2, -0.15) is 0 Å². The molecule has 1 heterocycles. The molecule has 1 fully saturated rings. The number of halogens is 2. The van der Waals surface area contributed by atoms with E-state index < -0.39 is 10.0 Å². The summed E-state index contributed by atoms with van der Waals surface area (Å²) in [6, 6.07) is 4.19. The van der Waals surface area contributed by atoms with Gasteiger partial charge in [0, 0.05) is 19.6 Å². The van der Waals surface area contributed by atoms with Gasteiger partial charge < -0.3 is 10.1 Å². The van der Waals surface area contributed by atoms with Crippen LogP contribution in [0, 0.1) is 0 Å². The minimum Gasteiger partial charge on any atom is -0.374 e. The molecule has 106 valence electrons. The summed E-state index contributed by atoms with van der Waals surface area (Å²) in [5.74, 6) is 0. The predicted molar refractivity (Wildman–Crippen MR) is 74.3 cm³/mol. The molecule has 0 spiro atoms. The van der Waals surface area contributed by atoms with Gasteiger partial charge in [-0.3, -0.25) is 0 Å². The normalized spacial score (nSPS) is 20.4. The summed E-state index contributed by atoms with van der Waals surface area (Å²) in [6.07, 6.45) is -0.161. The van der Waals surface area contributed by atoms with Gasteiger partial charge in [-0.15, -0.1) is 0 Å². The average Bonchev–Trinajstić information content (AvgIpc) is 2.41. The Balaban J connectivity index is 2.02. The lowest BCUT2D eigenvalue weighted by Crippen LogP contribution is -2.45. The van der Waals surface area contributed by atoms with Gasteiger partial charge in [0.1, 0.15) is 0 Å². The molecule has 8 heteroatoms. The highest BCUT2D eigenvalue weighted by Gasteiger charge is 2.19. The van der Waals surface area contributed by atoms with Crippen LogP contribution in [0.4, 0.5) is 0 Å². The first-order valence-electron chi connectivity index (χ1n) is 5.76. The molecule has 1 aliphatic rings. The van der Waals surface area contributed by atoms with Crippen molar-refractivity contribution in [1.82, 2.24) is 10.0 Å². The lowest BCUT2D eigenvalue weighted by atomic mass is 10.3. The molecule has 1 atom stereocenters. The molecule has 1 aliphatic heterocycles. The molecule has 0 bridgehead atoms. The Morgan fingerprint density at radius 1 is 1.37 bits per heavy atom.